The number of fused-ring (bicyclic) bond motifs is 3. The van der Waals surface area contributed by atoms with Crippen molar-refractivity contribution in [1.82, 2.24) is 0 Å². The van der Waals surface area contributed by atoms with Crippen LogP contribution in [-0.4, -0.2) is 84.5 Å². The molecule has 0 saturated heterocycles. The molecule has 0 heterocycles. The number of esters is 1. The molecule has 20 nitrogen and oxygen atoms in total. The minimum Gasteiger partial charge on any atom is -0.508 e. The molecule has 10 aromatic carbocycles. The zero-order valence-electron chi connectivity index (χ0n) is 47.7. The highest BCUT2D eigenvalue weighted by atomic mass is 35.5. The molecule has 452 valence electrons. The number of aromatic hydroxyl groups is 5. The maximum atomic E-state index is 12.3. The number of nitrogens with zero attached hydrogens (tertiary/aromatic N) is 2. The number of phenols is 5. The molecule has 90 heavy (non-hydrogen) atoms. The number of nitro benzene ring substituents is 2. The van der Waals surface area contributed by atoms with E-state index in [0.717, 1.165) is 28.7 Å². The van der Waals surface area contributed by atoms with Crippen LogP contribution in [0.1, 0.15) is 86.5 Å². The first-order chi connectivity index (χ1) is 43.1. The van der Waals surface area contributed by atoms with Gasteiger partial charge in [0.1, 0.15) is 28.7 Å². The summed E-state index contributed by atoms with van der Waals surface area (Å²) in [5.41, 5.74) is 5.13. The average Bonchev–Trinajstić information content (AvgIpc) is 1.90. The first-order valence-corrected chi connectivity index (χ1v) is 27.0. The summed E-state index contributed by atoms with van der Waals surface area (Å²) in [5, 5.41) is 68.7. The average molecular weight is 1230 g/mol. The molecule has 11 rings (SSSR count). The molecule has 0 fully saturated rings. The third-order valence-electron chi connectivity index (χ3n) is 13.0. The van der Waals surface area contributed by atoms with Gasteiger partial charge in [-0.1, -0.05) is 96.5 Å². The van der Waals surface area contributed by atoms with E-state index in [1.54, 1.807) is 117 Å². The Balaban J connectivity index is 0.000000160. The van der Waals surface area contributed by atoms with Crippen molar-refractivity contribution in [2.75, 3.05) is 14.2 Å². The van der Waals surface area contributed by atoms with E-state index in [1.165, 1.54) is 97.9 Å². The molecule has 1 aliphatic carbocycles. The van der Waals surface area contributed by atoms with Crippen LogP contribution < -0.4 is 14.2 Å². The number of non-ortho nitro benzene ring substituents is 2. The SMILES string of the molecule is CC(=O)Oc1cccc(C(=O)c2cccc([N+](=O)[O-])c2)c1.COc1ccc(C(=O)c2ccc(OC)cc2)cc1.O=C(c1ccc(O)cc1)c1ccc(O)c(O)c1O.O=C(c1cccc(Cl)c1)c1cccc([N+](=O)[O-])c1.O=C1c2ccccc2-c2cccc(O)c21. The number of phenolic OH excluding ortho intramolecular Hbond substituents is 5. The number of nitro groups is 2. The quantitative estimate of drug-likeness (QED) is 0.0179. The van der Waals surface area contributed by atoms with E-state index in [2.05, 4.69) is 0 Å². The van der Waals surface area contributed by atoms with Gasteiger partial charge in [0.05, 0.1) is 35.2 Å². The van der Waals surface area contributed by atoms with Gasteiger partial charge in [-0.25, -0.2) is 0 Å². The Morgan fingerprint density at radius 3 is 1.34 bits per heavy atom. The van der Waals surface area contributed by atoms with Crippen molar-refractivity contribution >= 4 is 57.9 Å². The molecule has 0 amide bonds. The zero-order chi connectivity index (χ0) is 65.2. The van der Waals surface area contributed by atoms with Crippen LogP contribution in [-0.2, 0) is 4.79 Å². The van der Waals surface area contributed by atoms with Crippen molar-refractivity contribution in [3.63, 3.8) is 0 Å². The largest absolute Gasteiger partial charge is 0.508 e. The third-order valence-corrected chi connectivity index (χ3v) is 13.3. The first kappa shape index (κ1) is 65.3. The molecule has 0 unspecified atom stereocenters. The second kappa shape index (κ2) is 30.2. The van der Waals surface area contributed by atoms with E-state index >= 15 is 0 Å². The summed E-state index contributed by atoms with van der Waals surface area (Å²) in [6.45, 7) is 1.26. The highest BCUT2D eigenvalue weighted by Crippen LogP contribution is 2.41. The van der Waals surface area contributed by atoms with Crippen molar-refractivity contribution in [1.29, 1.82) is 0 Å². The van der Waals surface area contributed by atoms with E-state index in [4.69, 9.17) is 36.0 Å². The van der Waals surface area contributed by atoms with Gasteiger partial charge in [-0.3, -0.25) is 49.0 Å². The predicted molar refractivity (Wildman–Crippen MR) is 332 cm³/mol. The van der Waals surface area contributed by atoms with Gasteiger partial charge in [-0.15, -0.1) is 0 Å². The normalized spacial score (nSPS) is 10.4. The Hall–Kier alpha value is -12.3. The molecular weight excluding hydrogens is 1180 g/mol. The van der Waals surface area contributed by atoms with Crippen LogP contribution in [0.15, 0.2) is 224 Å². The molecule has 21 heteroatoms. The summed E-state index contributed by atoms with van der Waals surface area (Å²) in [5.74, 6) is -1.90. The smallest absolute Gasteiger partial charge is 0.308 e. The predicted octanol–water partition coefficient (Wildman–Crippen LogP) is 13.5. The minimum absolute atomic E-state index is 0.0136. The van der Waals surface area contributed by atoms with Gasteiger partial charge in [0.15, 0.2) is 40.4 Å². The Morgan fingerprint density at radius 2 is 0.844 bits per heavy atom. The fourth-order valence-electron chi connectivity index (χ4n) is 8.58. The third kappa shape index (κ3) is 16.6. The zero-order valence-corrected chi connectivity index (χ0v) is 48.4. The lowest BCUT2D eigenvalue weighted by atomic mass is 10.0. The Labute approximate surface area is 517 Å². The Morgan fingerprint density at radius 1 is 0.411 bits per heavy atom. The van der Waals surface area contributed by atoms with Gasteiger partial charge in [-0.05, 0) is 126 Å². The highest BCUT2D eigenvalue weighted by Gasteiger charge is 2.28. The van der Waals surface area contributed by atoms with Crippen LogP contribution in [0.5, 0.6) is 46.0 Å². The van der Waals surface area contributed by atoms with E-state index < -0.39 is 38.8 Å². The number of rotatable bonds is 13. The molecule has 0 spiro atoms. The molecule has 10 aromatic rings. The number of hydrogen-bond acceptors (Lipinski definition) is 18. The van der Waals surface area contributed by atoms with Crippen LogP contribution in [0.3, 0.4) is 0 Å². The van der Waals surface area contributed by atoms with Crippen molar-refractivity contribution in [2.24, 2.45) is 0 Å². The van der Waals surface area contributed by atoms with E-state index in [0.29, 0.717) is 32.8 Å². The van der Waals surface area contributed by atoms with E-state index in [-0.39, 0.29) is 79.6 Å². The van der Waals surface area contributed by atoms with Crippen molar-refractivity contribution in [3.05, 3.63) is 305 Å². The summed E-state index contributed by atoms with van der Waals surface area (Å²) >= 11 is 5.80. The van der Waals surface area contributed by atoms with Crippen LogP contribution in [0, 0.1) is 20.2 Å². The standard InChI is InChI=1S/C15H11NO5.C15H14O3.C13H8ClNO3.C13H10O5.C13H8O2/c1-10(17)21-14-7-3-5-12(9-14)15(18)11-4-2-6-13(8-11)16(19)20;1-17-13-7-3-11(4-8-13)15(16)12-5-9-14(18-2)10-6-12;14-11-5-1-3-9(7-11)13(16)10-4-2-6-12(8-10)15(17)18;14-8-3-1-7(2-4-8)11(16)9-5-6-10(15)13(18)12(9)17;14-11-7-3-6-9-8-4-1-2-5-10(8)13(15)12(9)11/h2-9H,1H3;3-10H,1-2H3;1-8H;1-6,14-15,17-18H;1-7,14H. The van der Waals surface area contributed by atoms with Gasteiger partial charge >= 0.3 is 5.97 Å². The van der Waals surface area contributed by atoms with Gasteiger partial charge < -0.3 is 39.7 Å². The Kier molecular flexibility index (Phi) is 21.9. The van der Waals surface area contributed by atoms with Crippen molar-refractivity contribution < 1.29 is 78.4 Å². The molecule has 0 saturated carbocycles. The molecule has 0 aliphatic heterocycles. The Bertz CT molecular complexity index is 4290. The van der Waals surface area contributed by atoms with Crippen LogP contribution >= 0.6 is 11.6 Å². The van der Waals surface area contributed by atoms with Gasteiger partial charge in [0, 0.05) is 80.7 Å². The molecule has 0 bridgehead atoms. The van der Waals surface area contributed by atoms with Gasteiger partial charge in [0.25, 0.3) is 11.4 Å². The van der Waals surface area contributed by atoms with Crippen molar-refractivity contribution in [3.8, 4) is 57.1 Å². The number of methoxy groups -OCH3 is 2. The van der Waals surface area contributed by atoms with E-state index in [9.17, 15) is 64.3 Å². The number of ketones is 5. The fourth-order valence-corrected chi connectivity index (χ4v) is 8.77. The number of halogens is 1. The second-order valence-electron chi connectivity index (χ2n) is 19.0. The summed E-state index contributed by atoms with van der Waals surface area (Å²) in [6.07, 6.45) is 0. The maximum absolute atomic E-state index is 12.3. The fraction of sp³-hybridized carbons (Fsp3) is 0.0435. The van der Waals surface area contributed by atoms with Crippen LogP contribution in [0.4, 0.5) is 11.4 Å². The molecule has 1 aliphatic rings. The topological polar surface area (TPSA) is 318 Å². The number of carbonyl (C=O) groups is 6. The van der Waals surface area contributed by atoms with Crippen LogP contribution in [0.25, 0.3) is 11.1 Å². The highest BCUT2D eigenvalue weighted by molar-refractivity contribution is 6.31. The lowest BCUT2D eigenvalue weighted by Crippen LogP contribution is -2.05. The summed E-state index contributed by atoms with van der Waals surface area (Å²) in [6, 6.07) is 58.1. The number of ether oxygens (including phenoxy) is 3. The van der Waals surface area contributed by atoms with Crippen molar-refractivity contribution in [2.45, 2.75) is 6.92 Å². The monoisotopic (exact) mass is 1230 g/mol. The molecular formula is C69H51ClN2O18. The lowest BCUT2D eigenvalue weighted by molar-refractivity contribution is -0.385. The minimum atomic E-state index is -0.736. The summed E-state index contributed by atoms with van der Waals surface area (Å²) in [7, 11) is 3.20. The number of carbonyl (C=O) groups excluding carboxylic acids is 6. The van der Waals surface area contributed by atoms with E-state index in [1.807, 2.05) is 24.3 Å². The summed E-state index contributed by atoms with van der Waals surface area (Å²) in [4.78, 5) is 91.7. The maximum Gasteiger partial charge on any atom is 0.308 e. The lowest BCUT2D eigenvalue weighted by Gasteiger charge is -2.06. The second-order valence-corrected chi connectivity index (χ2v) is 19.4. The molecule has 0 atom stereocenters. The molecule has 0 aromatic heterocycles. The first-order valence-electron chi connectivity index (χ1n) is 26.6. The van der Waals surface area contributed by atoms with Gasteiger partial charge in [0.2, 0.25) is 5.75 Å². The number of benzene rings is 10. The van der Waals surface area contributed by atoms with Crippen LogP contribution in [0.2, 0.25) is 5.02 Å². The summed E-state index contributed by atoms with van der Waals surface area (Å²) < 4.78 is 15.0. The molecule has 5 N–H and O–H groups in total. The molecule has 0 radical (unpaired) electrons. The number of hydrogen-bond donors (Lipinski definition) is 5. The van der Waals surface area contributed by atoms with Gasteiger partial charge in [-0.2, -0.15) is 0 Å².